The highest BCUT2D eigenvalue weighted by Gasteiger charge is 2.16. The molecule has 0 aromatic heterocycles. The fraction of sp³-hybridized carbons (Fsp3) is 0.214. The Labute approximate surface area is 90.1 Å². The van der Waals surface area contributed by atoms with Gasteiger partial charge in [-0.3, -0.25) is 4.79 Å². The van der Waals surface area contributed by atoms with Gasteiger partial charge in [0.25, 0.3) is 0 Å². The van der Waals surface area contributed by atoms with Crippen molar-refractivity contribution in [2.75, 3.05) is 0 Å². The van der Waals surface area contributed by atoms with Crippen LogP contribution in [-0.4, -0.2) is 5.78 Å². The van der Waals surface area contributed by atoms with Gasteiger partial charge in [-0.2, -0.15) is 0 Å². The van der Waals surface area contributed by atoms with Gasteiger partial charge in [0, 0.05) is 0 Å². The summed E-state index contributed by atoms with van der Waals surface area (Å²) >= 11 is 0. The minimum absolute atomic E-state index is 0.181. The number of benzene rings is 1. The van der Waals surface area contributed by atoms with Crippen LogP contribution >= 0.6 is 0 Å². The van der Waals surface area contributed by atoms with E-state index in [4.69, 9.17) is 0 Å². The molecule has 1 aliphatic rings. The van der Waals surface area contributed by atoms with Crippen LogP contribution in [0.1, 0.15) is 25.8 Å². The number of rotatable bonds is 2. The molecule has 0 spiro atoms. The van der Waals surface area contributed by atoms with Crippen molar-refractivity contribution in [3.63, 3.8) is 0 Å². The molecule has 0 heterocycles. The summed E-state index contributed by atoms with van der Waals surface area (Å²) in [5.74, 6) is 0.181. The molecule has 1 nitrogen and oxygen atoms in total. The number of hydrogen-bond acceptors (Lipinski definition) is 1. The molecule has 1 heteroatoms. The number of ketones is 1. The average Bonchev–Trinajstić information content (AvgIpc) is 2.62. The van der Waals surface area contributed by atoms with Gasteiger partial charge in [-0.25, -0.2) is 0 Å². The minimum Gasteiger partial charge on any atom is -0.295 e. The molecule has 0 bridgehead atoms. The summed E-state index contributed by atoms with van der Waals surface area (Å²) < 4.78 is 0. The van der Waals surface area contributed by atoms with E-state index in [0.717, 1.165) is 12.0 Å². The zero-order chi connectivity index (χ0) is 10.8. The van der Waals surface area contributed by atoms with Gasteiger partial charge in [-0.1, -0.05) is 35.9 Å². The Bertz CT molecular complexity index is 449. The standard InChI is InChI=1S/C14H14O/c1-10-8-13(11(2)15)9-14(10)12-6-4-3-5-7-12/h3-7,9H,8H2,1-2H3. The van der Waals surface area contributed by atoms with Gasteiger partial charge in [-0.15, -0.1) is 0 Å². The molecule has 0 saturated heterocycles. The van der Waals surface area contributed by atoms with Crippen molar-refractivity contribution in [2.24, 2.45) is 0 Å². The second-order valence-corrected chi connectivity index (χ2v) is 3.96. The zero-order valence-electron chi connectivity index (χ0n) is 9.08. The number of hydrogen-bond donors (Lipinski definition) is 0. The summed E-state index contributed by atoms with van der Waals surface area (Å²) in [6, 6.07) is 10.2. The SMILES string of the molecule is CC(=O)C1=CC(c2ccccc2)=C(C)C1. The van der Waals surface area contributed by atoms with E-state index in [0.29, 0.717) is 0 Å². The van der Waals surface area contributed by atoms with Crippen LogP contribution in [0.3, 0.4) is 0 Å². The highest BCUT2D eigenvalue weighted by atomic mass is 16.1. The van der Waals surface area contributed by atoms with Gasteiger partial charge in [0.05, 0.1) is 0 Å². The van der Waals surface area contributed by atoms with E-state index in [-0.39, 0.29) is 5.78 Å². The molecule has 0 atom stereocenters. The summed E-state index contributed by atoms with van der Waals surface area (Å²) in [5.41, 5.74) is 4.62. The number of allylic oxidation sites excluding steroid dienone is 4. The Kier molecular flexibility index (Phi) is 2.55. The molecule has 1 aliphatic carbocycles. The zero-order valence-corrected chi connectivity index (χ0v) is 9.08. The summed E-state index contributed by atoms with van der Waals surface area (Å²) in [6.45, 7) is 3.72. The van der Waals surface area contributed by atoms with Crippen LogP contribution in [0, 0.1) is 0 Å². The highest BCUT2D eigenvalue weighted by Crippen LogP contribution is 2.32. The molecule has 1 aromatic carbocycles. The third-order valence-corrected chi connectivity index (χ3v) is 2.77. The first-order valence-electron chi connectivity index (χ1n) is 5.15. The second-order valence-electron chi connectivity index (χ2n) is 3.96. The van der Waals surface area contributed by atoms with E-state index in [1.807, 2.05) is 24.3 Å². The van der Waals surface area contributed by atoms with Crippen LogP contribution in [0.5, 0.6) is 0 Å². The predicted octanol–water partition coefficient (Wildman–Crippen LogP) is 3.38. The van der Waals surface area contributed by atoms with Crippen molar-refractivity contribution in [1.29, 1.82) is 0 Å². The number of carbonyl (C=O) groups excluding carboxylic acids is 1. The molecule has 0 N–H and O–H groups in total. The van der Waals surface area contributed by atoms with E-state index in [1.165, 1.54) is 16.7 Å². The van der Waals surface area contributed by atoms with Crippen molar-refractivity contribution < 1.29 is 4.79 Å². The summed E-state index contributed by atoms with van der Waals surface area (Å²) in [6.07, 6.45) is 2.83. The van der Waals surface area contributed by atoms with Gasteiger partial charge in [-0.05, 0) is 43.1 Å². The van der Waals surface area contributed by atoms with E-state index >= 15 is 0 Å². The molecule has 0 saturated carbocycles. The third kappa shape index (κ3) is 1.91. The molecule has 0 unspecified atom stereocenters. The lowest BCUT2D eigenvalue weighted by molar-refractivity contribution is -0.113. The van der Waals surface area contributed by atoms with Crippen LogP contribution in [0.4, 0.5) is 0 Å². The fourth-order valence-electron chi connectivity index (χ4n) is 1.90. The lowest BCUT2D eigenvalue weighted by Crippen LogP contribution is -1.92. The van der Waals surface area contributed by atoms with Crippen molar-refractivity contribution >= 4 is 11.4 Å². The largest absolute Gasteiger partial charge is 0.295 e. The van der Waals surface area contributed by atoms with Crippen molar-refractivity contribution in [3.8, 4) is 0 Å². The first kappa shape index (κ1) is 9.91. The van der Waals surface area contributed by atoms with Gasteiger partial charge < -0.3 is 0 Å². The summed E-state index contributed by atoms with van der Waals surface area (Å²) in [4.78, 5) is 11.3. The lowest BCUT2D eigenvalue weighted by Gasteiger charge is -2.01. The van der Waals surface area contributed by atoms with Crippen LogP contribution in [0.15, 0.2) is 47.6 Å². The molecular formula is C14H14O. The Morgan fingerprint density at radius 1 is 1.20 bits per heavy atom. The van der Waals surface area contributed by atoms with Crippen molar-refractivity contribution in [2.45, 2.75) is 20.3 Å². The van der Waals surface area contributed by atoms with E-state index in [9.17, 15) is 4.79 Å². The molecule has 0 radical (unpaired) electrons. The van der Waals surface area contributed by atoms with Crippen LogP contribution in [0.25, 0.3) is 5.57 Å². The van der Waals surface area contributed by atoms with E-state index in [2.05, 4.69) is 19.1 Å². The van der Waals surface area contributed by atoms with Crippen molar-refractivity contribution in [1.82, 2.24) is 0 Å². The Balaban J connectivity index is 2.38. The van der Waals surface area contributed by atoms with Crippen molar-refractivity contribution in [3.05, 3.63) is 53.1 Å². The lowest BCUT2D eigenvalue weighted by atomic mass is 10.0. The van der Waals surface area contributed by atoms with Gasteiger partial charge in [0.2, 0.25) is 0 Å². The average molecular weight is 198 g/mol. The number of carbonyl (C=O) groups is 1. The minimum atomic E-state index is 0.181. The topological polar surface area (TPSA) is 17.1 Å². The molecule has 0 fully saturated rings. The van der Waals surface area contributed by atoms with Gasteiger partial charge in [0.1, 0.15) is 0 Å². The Morgan fingerprint density at radius 3 is 2.40 bits per heavy atom. The maximum absolute atomic E-state index is 11.3. The smallest absolute Gasteiger partial charge is 0.156 e. The van der Waals surface area contributed by atoms with Gasteiger partial charge in [0.15, 0.2) is 5.78 Å². The van der Waals surface area contributed by atoms with Crippen LogP contribution < -0.4 is 0 Å². The van der Waals surface area contributed by atoms with Crippen LogP contribution in [-0.2, 0) is 4.79 Å². The van der Waals surface area contributed by atoms with E-state index in [1.54, 1.807) is 6.92 Å². The van der Waals surface area contributed by atoms with Crippen LogP contribution in [0.2, 0.25) is 0 Å². The molecule has 2 rings (SSSR count). The Hall–Kier alpha value is -1.63. The Morgan fingerprint density at radius 2 is 1.87 bits per heavy atom. The molecular weight excluding hydrogens is 184 g/mol. The second kappa shape index (κ2) is 3.85. The predicted molar refractivity (Wildman–Crippen MR) is 62.4 cm³/mol. The third-order valence-electron chi connectivity index (χ3n) is 2.77. The molecule has 15 heavy (non-hydrogen) atoms. The first-order chi connectivity index (χ1) is 7.18. The molecule has 1 aromatic rings. The highest BCUT2D eigenvalue weighted by molar-refractivity contribution is 5.99. The van der Waals surface area contributed by atoms with Gasteiger partial charge >= 0.3 is 0 Å². The number of Topliss-reactive ketones (excluding diaryl/α,β-unsaturated/α-hetero) is 1. The normalized spacial score (nSPS) is 15.5. The molecule has 0 aliphatic heterocycles. The summed E-state index contributed by atoms with van der Waals surface area (Å²) in [7, 11) is 0. The maximum Gasteiger partial charge on any atom is 0.156 e. The molecule has 0 amide bonds. The monoisotopic (exact) mass is 198 g/mol. The fourth-order valence-corrected chi connectivity index (χ4v) is 1.90. The quantitative estimate of drug-likeness (QED) is 0.712. The maximum atomic E-state index is 11.3. The molecule has 76 valence electrons. The summed E-state index contributed by atoms with van der Waals surface area (Å²) in [5, 5.41) is 0. The van der Waals surface area contributed by atoms with E-state index < -0.39 is 0 Å². The first-order valence-corrected chi connectivity index (χ1v) is 5.15.